The van der Waals surface area contributed by atoms with Gasteiger partial charge in [0.05, 0.1) is 19.2 Å². The molecule has 2 N–H and O–H groups in total. The van der Waals surface area contributed by atoms with Gasteiger partial charge in [0.15, 0.2) is 5.96 Å². The maximum Gasteiger partial charge on any atom is 0.192 e. The number of hydrogen-bond donors (Lipinski definition) is 1. The average molecular weight is 254 g/mol. The van der Waals surface area contributed by atoms with Gasteiger partial charge in [0.1, 0.15) is 0 Å². The maximum atomic E-state index is 6.00. The summed E-state index contributed by atoms with van der Waals surface area (Å²) in [7, 11) is 1.68. The van der Waals surface area contributed by atoms with E-state index < -0.39 is 0 Å². The first kappa shape index (κ1) is 12.2. The Labute approximate surface area is 106 Å². The minimum Gasteiger partial charge on any atom is -0.383 e. The highest BCUT2D eigenvalue weighted by atomic mass is 35.5. The van der Waals surface area contributed by atoms with Crippen molar-refractivity contribution in [2.45, 2.75) is 6.04 Å². The average Bonchev–Trinajstić information content (AvgIpc) is 2.68. The van der Waals surface area contributed by atoms with Crippen LogP contribution in [0.1, 0.15) is 11.6 Å². The summed E-state index contributed by atoms with van der Waals surface area (Å²) in [5.74, 6) is 0.576. The van der Waals surface area contributed by atoms with Gasteiger partial charge in [-0.3, -0.25) is 4.99 Å². The molecule has 92 valence electrons. The van der Waals surface area contributed by atoms with Crippen LogP contribution in [0.2, 0.25) is 5.02 Å². The Bertz CT molecular complexity index is 422. The standard InChI is InChI=1S/C12H16ClN3O/c1-17-6-5-16-11(8-15-12(16)14)9-3-2-4-10(13)7-9/h2-4,7,11H,5-6,8H2,1H3,(H2,14,15). The van der Waals surface area contributed by atoms with Crippen molar-refractivity contribution >= 4 is 17.6 Å². The molecule has 0 radical (unpaired) electrons. The molecule has 1 aliphatic rings. The zero-order chi connectivity index (χ0) is 12.3. The first-order valence-corrected chi connectivity index (χ1v) is 5.91. The monoisotopic (exact) mass is 253 g/mol. The first-order valence-electron chi connectivity index (χ1n) is 5.53. The molecular formula is C12H16ClN3O. The highest BCUT2D eigenvalue weighted by Gasteiger charge is 2.26. The zero-order valence-electron chi connectivity index (χ0n) is 9.77. The van der Waals surface area contributed by atoms with Crippen molar-refractivity contribution in [3.05, 3.63) is 34.9 Å². The number of aliphatic imine (C=N–C) groups is 1. The fraction of sp³-hybridized carbons (Fsp3) is 0.417. The van der Waals surface area contributed by atoms with Gasteiger partial charge in [-0.05, 0) is 17.7 Å². The highest BCUT2D eigenvalue weighted by molar-refractivity contribution is 6.30. The molecule has 0 aromatic heterocycles. The number of hydrogen-bond acceptors (Lipinski definition) is 4. The molecular weight excluding hydrogens is 238 g/mol. The molecule has 1 aromatic rings. The largest absolute Gasteiger partial charge is 0.383 e. The number of halogens is 1. The van der Waals surface area contributed by atoms with Crippen LogP contribution in [0.5, 0.6) is 0 Å². The summed E-state index contributed by atoms with van der Waals surface area (Å²) in [5, 5.41) is 0.736. The van der Waals surface area contributed by atoms with Crippen LogP contribution in [0, 0.1) is 0 Å². The lowest BCUT2D eigenvalue weighted by Gasteiger charge is -2.26. The Morgan fingerprint density at radius 2 is 2.41 bits per heavy atom. The van der Waals surface area contributed by atoms with Gasteiger partial charge in [-0.25, -0.2) is 0 Å². The zero-order valence-corrected chi connectivity index (χ0v) is 10.5. The van der Waals surface area contributed by atoms with Gasteiger partial charge >= 0.3 is 0 Å². The Morgan fingerprint density at radius 3 is 3.12 bits per heavy atom. The third-order valence-corrected chi connectivity index (χ3v) is 3.10. The molecule has 1 aromatic carbocycles. The topological polar surface area (TPSA) is 50.9 Å². The molecule has 1 heterocycles. The molecule has 0 amide bonds. The Kier molecular flexibility index (Phi) is 3.86. The molecule has 4 nitrogen and oxygen atoms in total. The number of benzene rings is 1. The molecule has 0 saturated heterocycles. The molecule has 17 heavy (non-hydrogen) atoms. The number of nitrogens with two attached hydrogens (primary N) is 1. The Morgan fingerprint density at radius 1 is 1.59 bits per heavy atom. The van der Waals surface area contributed by atoms with Crippen LogP contribution in [-0.2, 0) is 4.74 Å². The minimum atomic E-state index is 0.170. The predicted octanol–water partition coefficient (Wildman–Crippen LogP) is 1.66. The van der Waals surface area contributed by atoms with E-state index in [1.807, 2.05) is 24.3 Å². The van der Waals surface area contributed by atoms with E-state index in [4.69, 9.17) is 22.1 Å². The van der Waals surface area contributed by atoms with Crippen molar-refractivity contribution in [2.75, 3.05) is 26.8 Å². The van der Waals surface area contributed by atoms with Crippen LogP contribution in [0.25, 0.3) is 0 Å². The number of rotatable bonds is 4. The van der Waals surface area contributed by atoms with E-state index in [0.29, 0.717) is 19.1 Å². The molecule has 1 atom stereocenters. The quantitative estimate of drug-likeness (QED) is 0.888. The van der Waals surface area contributed by atoms with Gasteiger partial charge in [0, 0.05) is 18.7 Å². The van der Waals surface area contributed by atoms with Crippen molar-refractivity contribution < 1.29 is 4.74 Å². The third-order valence-electron chi connectivity index (χ3n) is 2.87. The van der Waals surface area contributed by atoms with E-state index in [2.05, 4.69) is 9.89 Å². The fourth-order valence-corrected chi connectivity index (χ4v) is 2.19. The lowest BCUT2D eigenvalue weighted by atomic mass is 10.1. The SMILES string of the molecule is COCCN1C(N)=NCC1c1cccc(Cl)c1. The minimum absolute atomic E-state index is 0.170. The third kappa shape index (κ3) is 2.70. The first-order chi connectivity index (χ1) is 8.22. The van der Waals surface area contributed by atoms with E-state index in [1.54, 1.807) is 7.11 Å². The van der Waals surface area contributed by atoms with E-state index in [0.717, 1.165) is 17.1 Å². The fourth-order valence-electron chi connectivity index (χ4n) is 1.99. The number of ether oxygens (including phenoxy) is 1. The smallest absolute Gasteiger partial charge is 0.192 e. The van der Waals surface area contributed by atoms with Crippen LogP contribution >= 0.6 is 11.6 Å². The van der Waals surface area contributed by atoms with Gasteiger partial charge in [0.2, 0.25) is 0 Å². The van der Waals surface area contributed by atoms with E-state index in [9.17, 15) is 0 Å². The predicted molar refractivity (Wildman–Crippen MR) is 69.3 cm³/mol. The van der Waals surface area contributed by atoms with Crippen LogP contribution in [0.15, 0.2) is 29.3 Å². The summed E-state index contributed by atoms with van der Waals surface area (Å²) in [4.78, 5) is 6.33. The molecule has 5 heteroatoms. The second-order valence-corrected chi connectivity index (χ2v) is 4.39. The van der Waals surface area contributed by atoms with Crippen molar-refractivity contribution in [2.24, 2.45) is 10.7 Å². The van der Waals surface area contributed by atoms with Gasteiger partial charge in [0.25, 0.3) is 0 Å². The van der Waals surface area contributed by atoms with E-state index >= 15 is 0 Å². The van der Waals surface area contributed by atoms with Crippen molar-refractivity contribution in [1.82, 2.24) is 4.90 Å². The van der Waals surface area contributed by atoms with Gasteiger partial charge in [-0.2, -0.15) is 0 Å². The second-order valence-electron chi connectivity index (χ2n) is 3.96. The molecule has 0 fully saturated rings. The Hall–Kier alpha value is -1.26. The normalized spacial score (nSPS) is 19.5. The number of methoxy groups -OCH3 is 1. The van der Waals surface area contributed by atoms with Gasteiger partial charge < -0.3 is 15.4 Å². The lowest BCUT2D eigenvalue weighted by molar-refractivity contribution is 0.166. The van der Waals surface area contributed by atoms with Crippen LogP contribution in [0.4, 0.5) is 0 Å². The summed E-state index contributed by atoms with van der Waals surface area (Å²) in [6.45, 7) is 2.05. The van der Waals surface area contributed by atoms with E-state index in [-0.39, 0.29) is 6.04 Å². The molecule has 0 saturated carbocycles. The Balaban J connectivity index is 2.15. The summed E-state index contributed by atoms with van der Waals surface area (Å²) >= 11 is 6.00. The molecule has 0 aliphatic carbocycles. The molecule has 1 aliphatic heterocycles. The summed E-state index contributed by atoms with van der Waals surface area (Å²) in [6.07, 6.45) is 0. The van der Waals surface area contributed by atoms with Crippen LogP contribution in [-0.4, -0.2) is 37.7 Å². The highest BCUT2D eigenvalue weighted by Crippen LogP contribution is 2.26. The lowest BCUT2D eigenvalue weighted by Crippen LogP contribution is -2.38. The molecule has 0 bridgehead atoms. The second kappa shape index (κ2) is 5.38. The number of guanidine groups is 1. The maximum absolute atomic E-state index is 6.00. The van der Waals surface area contributed by atoms with Crippen LogP contribution in [0.3, 0.4) is 0 Å². The summed E-state index contributed by atoms with van der Waals surface area (Å²) in [6, 6.07) is 7.98. The molecule has 0 spiro atoms. The summed E-state index contributed by atoms with van der Waals surface area (Å²) in [5.41, 5.74) is 7.01. The van der Waals surface area contributed by atoms with Gasteiger partial charge in [-0.1, -0.05) is 23.7 Å². The van der Waals surface area contributed by atoms with Crippen molar-refractivity contribution in [1.29, 1.82) is 0 Å². The molecule has 1 unspecified atom stereocenters. The van der Waals surface area contributed by atoms with Crippen molar-refractivity contribution in [3.63, 3.8) is 0 Å². The van der Waals surface area contributed by atoms with Crippen LogP contribution < -0.4 is 5.73 Å². The van der Waals surface area contributed by atoms with Crippen molar-refractivity contribution in [3.8, 4) is 0 Å². The van der Waals surface area contributed by atoms with Gasteiger partial charge in [-0.15, -0.1) is 0 Å². The molecule has 2 rings (SSSR count). The van der Waals surface area contributed by atoms with E-state index in [1.165, 1.54) is 0 Å². The summed E-state index contributed by atoms with van der Waals surface area (Å²) < 4.78 is 5.08. The number of nitrogens with zero attached hydrogens (tertiary/aromatic N) is 2.